The molecule has 16 heavy (non-hydrogen) atoms. The van der Waals surface area contributed by atoms with Crippen molar-refractivity contribution in [2.75, 3.05) is 0 Å². The highest BCUT2D eigenvalue weighted by atomic mass is 16.1. The molecule has 0 aliphatic rings. The number of amides is 1. The maximum Gasteiger partial charge on any atom is 0.244 e. The fourth-order valence-electron chi connectivity index (χ4n) is 1.65. The maximum absolute atomic E-state index is 10.7. The fraction of sp³-hybridized carbons (Fsp3) is 0.786. The van der Waals surface area contributed by atoms with Crippen LogP contribution in [0.2, 0.25) is 0 Å². The summed E-state index contributed by atoms with van der Waals surface area (Å²) in [5.74, 6) is 0.540. The number of hydrogen-bond acceptors (Lipinski definition) is 1. The van der Waals surface area contributed by atoms with Crippen molar-refractivity contribution in [3.05, 3.63) is 11.6 Å². The molecule has 0 aliphatic carbocycles. The first-order valence-corrected chi connectivity index (χ1v) is 6.50. The van der Waals surface area contributed by atoms with Gasteiger partial charge in [-0.2, -0.15) is 0 Å². The first kappa shape index (κ1) is 15.2. The summed E-state index contributed by atoms with van der Waals surface area (Å²) in [4.78, 5) is 10.7. The second-order valence-electron chi connectivity index (χ2n) is 4.99. The van der Waals surface area contributed by atoms with Crippen LogP contribution in [0.1, 0.15) is 65.7 Å². The average Bonchev–Trinajstić information content (AvgIpc) is 2.21. The van der Waals surface area contributed by atoms with Gasteiger partial charge in [0.1, 0.15) is 0 Å². The van der Waals surface area contributed by atoms with E-state index in [-0.39, 0.29) is 5.91 Å². The minimum atomic E-state index is -0.295. The highest BCUT2D eigenvalue weighted by Crippen LogP contribution is 2.11. The first-order chi connectivity index (χ1) is 7.54. The van der Waals surface area contributed by atoms with Crippen molar-refractivity contribution < 1.29 is 4.79 Å². The molecule has 0 heterocycles. The molecule has 1 amide bonds. The molecule has 0 fully saturated rings. The molecular formula is C14H27NO. The number of carbonyl (C=O) groups excluding carboxylic acids is 1. The summed E-state index contributed by atoms with van der Waals surface area (Å²) < 4.78 is 0. The summed E-state index contributed by atoms with van der Waals surface area (Å²) in [6.07, 6.45) is 10.7. The molecule has 2 nitrogen and oxygen atoms in total. The van der Waals surface area contributed by atoms with Crippen molar-refractivity contribution >= 4 is 5.91 Å². The van der Waals surface area contributed by atoms with Crippen molar-refractivity contribution in [1.82, 2.24) is 0 Å². The summed E-state index contributed by atoms with van der Waals surface area (Å²) in [7, 11) is 0. The van der Waals surface area contributed by atoms with Crippen LogP contribution in [-0.2, 0) is 4.79 Å². The van der Waals surface area contributed by atoms with Gasteiger partial charge >= 0.3 is 0 Å². The molecular weight excluding hydrogens is 198 g/mol. The third kappa shape index (κ3) is 9.75. The van der Waals surface area contributed by atoms with E-state index in [0.29, 0.717) is 5.57 Å². The van der Waals surface area contributed by atoms with Crippen LogP contribution in [0.5, 0.6) is 0 Å². The van der Waals surface area contributed by atoms with E-state index in [1.165, 1.54) is 38.5 Å². The Morgan fingerprint density at radius 2 is 1.69 bits per heavy atom. The molecule has 0 saturated heterocycles. The van der Waals surface area contributed by atoms with Gasteiger partial charge in [-0.15, -0.1) is 0 Å². The normalized spacial score (nSPS) is 12.1. The molecule has 0 aliphatic heterocycles. The van der Waals surface area contributed by atoms with Gasteiger partial charge in [0, 0.05) is 5.57 Å². The molecule has 0 radical (unpaired) electrons. The van der Waals surface area contributed by atoms with Gasteiger partial charge in [0.05, 0.1) is 0 Å². The molecule has 0 aromatic heterocycles. The van der Waals surface area contributed by atoms with Crippen LogP contribution in [0.3, 0.4) is 0 Å². The van der Waals surface area contributed by atoms with E-state index in [4.69, 9.17) is 5.73 Å². The number of unbranched alkanes of at least 4 members (excludes halogenated alkanes) is 5. The molecule has 2 N–H and O–H groups in total. The molecule has 94 valence electrons. The lowest BCUT2D eigenvalue weighted by molar-refractivity contribution is -0.114. The van der Waals surface area contributed by atoms with Crippen LogP contribution in [0.15, 0.2) is 11.6 Å². The molecule has 0 bridgehead atoms. The predicted molar refractivity (Wildman–Crippen MR) is 70.1 cm³/mol. The number of carbonyl (C=O) groups is 1. The third-order valence-electron chi connectivity index (χ3n) is 2.82. The van der Waals surface area contributed by atoms with Crippen molar-refractivity contribution in [3.8, 4) is 0 Å². The Morgan fingerprint density at radius 3 is 2.25 bits per heavy atom. The quantitative estimate of drug-likeness (QED) is 0.470. The largest absolute Gasteiger partial charge is 0.366 e. The number of rotatable bonds is 9. The molecule has 0 rings (SSSR count). The van der Waals surface area contributed by atoms with Crippen molar-refractivity contribution in [2.45, 2.75) is 65.7 Å². The standard InChI is InChI=1S/C14H27NO/c1-12(2)10-8-6-4-5-7-9-11-13(3)14(15)16/h11-12H,4-10H2,1-3H3,(H2,15,16)/b13-11+. The molecule has 0 aromatic rings. The number of hydrogen-bond donors (Lipinski definition) is 1. The maximum atomic E-state index is 10.7. The van der Waals surface area contributed by atoms with Crippen LogP contribution in [0, 0.1) is 5.92 Å². The molecule has 0 unspecified atom stereocenters. The minimum Gasteiger partial charge on any atom is -0.366 e. The average molecular weight is 225 g/mol. The van der Waals surface area contributed by atoms with Gasteiger partial charge < -0.3 is 5.73 Å². The SMILES string of the molecule is C/C(=C\CCCCCCCC(C)C)C(N)=O. The van der Waals surface area contributed by atoms with E-state index in [1.807, 2.05) is 6.08 Å². The van der Waals surface area contributed by atoms with E-state index in [2.05, 4.69) is 13.8 Å². The number of nitrogens with two attached hydrogens (primary N) is 1. The third-order valence-corrected chi connectivity index (χ3v) is 2.82. The minimum absolute atomic E-state index is 0.295. The second kappa shape index (κ2) is 9.44. The Hall–Kier alpha value is -0.790. The van der Waals surface area contributed by atoms with Crippen LogP contribution in [0.25, 0.3) is 0 Å². The zero-order valence-corrected chi connectivity index (χ0v) is 11.1. The van der Waals surface area contributed by atoms with E-state index in [9.17, 15) is 4.79 Å². The Balaban J connectivity index is 3.28. The van der Waals surface area contributed by atoms with Crippen molar-refractivity contribution in [2.24, 2.45) is 11.7 Å². The summed E-state index contributed by atoms with van der Waals surface area (Å²) in [5, 5.41) is 0. The zero-order valence-electron chi connectivity index (χ0n) is 11.1. The van der Waals surface area contributed by atoms with Gasteiger partial charge in [0.2, 0.25) is 5.91 Å². The van der Waals surface area contributed by atoms with Crippen LogP contribution < -0.4 is 5.73 Å². The van der Waals surface area contributed by atoms with Crippen LogP contribution >= 0.6 is 0 Å². The molecule has 2 heteroatoms. The van der Waals surface area contributed by atoms with Gasteiger partial charge in [-0.25, -0.2) is 0 Å². The van der Waals surface area contributed by atoms with Gasteiger partial charge in [-0.1, -0.05) is 52.0 Å². The van der Waals surface area contributed by atoms with E-state index >= 15 is 0 Å². The Kier molecular flexibility index (Phi) is 8.97. The summed E-state index contributed by atoms with van der Waals surface area (Å²) in [6, 6.07) is 0. The monoisotopic (exact) mass is 225 g/mol. The summed E-state index contributed by atoms with van der Waals surface area (Å²) >= 11 is 0. The van der Waals surface area contributed by atoms with Gasteiger partial charge in [-0.3, -0.25) is 4.79 Å². The van der Waals surface area contributed by atoms with Crippen molar-refractivity contribution in [1.29, 1.82) is 0 Å². The van der Waals surface area contributed by atoms with Gasteiger partial charge in [0.15, 0.2) is 0 Å². The lowest BCUT2D eigenvalue weighted by Crippen LogP contribution is -2.11. The Morgan fingerprint density at radius 1 is 1.12 bits per heavy atom. The van der Waals surface area contributed by atoms with E-state index < -0.39 is 0 Å². The van der Waals surface area contributed by atoms with Crippen LogP contribution in [-0.4, -0.2) is 5.91 Å². The molecule has 0 spiro atoms. The predicted octanol–water partition coefficient (Wildman–Crippen LogP) is 3.80. The van der Waals surface area contributed by atoms with Crippen molar-refractivity contribution in [3.63, 3.8) is 0 Å². The Bertz CT molecular complexity index is 219. The summed E-state index contributed by atoms with van der Waals surface area (Å²) in [6.45, 7) is 6.33. The molecule has 0 aromatic carbocycles. The first-order valence-electron chi connectivity index (χ1n) is 6.50. The van der Waals surface area contributed by atoms with E-state index in [1.54, 1.807) is 6.92 Å². The molecule has 0 atom stereocenters. The second-order valence-corrected chi connectivity index (χ2v) is 4.99. The fourth-order valence-corrected chi connectivity index (χ4v) is 1.65. The smallest absolute Gasteiger partial charge is 0.244 e. The highest BCUT2D eigenvalue weighted by molar-refractivity contribution is 5.91. The number of primary amides is 1. The lowest BCUT2D eigenvalue weighted by Gasteiger charge is -2.03. The summed E-state index contributed by atoms with van der Waals surface area (Å²) in [5.41, 5.74) is 5.83. The van der Waals surface area contributed by atoms with Gasteiger partial charge in [-0.05, 0) is 25.7 Å². The molecule has 0 saturated carbocycles. The Labute approximate surface area is 100 Å². The topological polar surface area (TPSA) is 43.1 Å². The lowest BCUT2D eigenvalue weighted by atomic mass is 10.0. The van der Waals surface area contributed by atoms with Gasteiger partial charge in [0.25, 0.3) is 0 Å². The van der Waals surface area contributed by atoms with E-state index in [0.717, 1.165) is 12.3 Å². The number of allylic oxidation sites excluding steroid dienone is 1. The zero-order chi connectivity index (χ0) is 12.4. The highest BCUT2D eigenvalue weighted by Gasteiger charge is 1.96. The van der Waals surface area contributed by atoms with Crippen LogP contribution in [0.4, 0.5) is 0 Å².